The van der Waals surface area contributed by atoms with E-state index in [1.165, 1.54) is 4.88 Å². The number of hydrogen-bond acceptors (Lipinski definition) is 3. The molecule has 114 valence electrons. The second-order valence-corrected chi connectivity index (χ2v) is 6.07. The Bertz CT molecular complexity index is 515. The van der Waals surface area contributed by atoms with Crippen LogP contribution in [0.5, 0.6) is 0 Å². The molecule has 1 heterocycles. The maximum atomic E-state index is 14.0. The van der Waals surface area contributed by atoms with Crippen LogP contribution >= 0.6 is 11.3 Å². The minimum atomic E-state index is -0.109. The van der Waals surface area contributed by atoms with Crippen molar-refractivity contribution in [3.05, 3.63) is 58.0 Å². The van der Waals surface area contributed by atoms with Gasteiger partial charge in [-0.1, -0.05) is 24.3 Å². The molecule has 2 nitrogen and oxygen atoms in total. The van der Waals surface area contributed by atoms with E-state index in [1.807, 2.05) is 12.1 Å². The molecule has 0 aliphatic rings. The zero-order valence-electron chi connectivity index (χ0n) is 12.3. The average Bonchev–Trinajstić information content (AvgIpc) is 3.01. The highest BCUT2D eigenvalue weighted by atomic mass is 32.1. The number of benzene rings is 1. The molecule has 0 saturated heterocycles. The van der Waals surface area contributed by atoms with Crippen LogP contribution in [0.3, 0.4) is 0 Å². The summed E-state index contributed by atoms with van der Waals surface area (Å²) in [6.45, 7) is 2.24. The smallest absolute Gasteiger partial charge is 0.126 e. The van der Waals surface area contributed by atoms with Crippen LogP contribution in [0.2, 0.25) is 0 Å². The van der Waals surface area contributed by atoms with Crippen molar-refractivity contribution in [1.82, 2.24) is 5.32 Å². The van der Waals surface area contributed by atoms with Gasteiger partial charge in [-0.2, -0.15) is 0 Å². The molecule has 2 rings (SSSR count). The zero-order chi connectivity index (χ0) is 14.9. The van der Waals surface area contributed by atoms with E-state index in [4.69, 9.17) is 4.74 Å². The van der Waals surface area contributed by atoms with Crippen molar-refractivity contribution in [2.45, 2.75) is 18.8 Å². The summed E-state index contributed by atoms with van der Waals surface area (Å²) in [5.41, 5.74) is 0.805. The number of rotatable bonds is 9. The summed E-state index contributed by atoms with van der Waals surface area (Å²) in [5.74, 6) is 0.0763. The fourth-order valence-corrected chi connectivity index (χ4v) is 3.12. The van der Waals surface area contributed by atoms with E-state index in [-0.39, 0.29) is 11.7 Å². The zero-order valence-corrected chi connectivity index (χ0v) is 13.2. The van der Waals surface area contributed by atoms with E-state index in [0.717, 1.165) is 31.5 Å². The predicted octanol–water partition coefficient (Wildman–Crippen LogP) is 3.84. The van der Waals surface area contributed by atoms with Crippen molar-refractivity contribution in [2.24, 2.45) is 0 Å². The summed E-state index contributed by atoms with van der Waals surface area (Å²) in [6, 6.07) is 11.3. The predicted molar refractivity (Wildman–Crippen MR) is 86.5 cm³/mol. The van der Waals surface area contributed by atoms with E-state index < -0.39 is 0 Å². The summed E-state index contributed by atoms with van der Waals surface area (Å²) in [7, 11) is 1.69. The third kappa shape index (κ3) is 5.23. The van der Waals surface area contributed by atoms with Crippen molar-refractivity contribution in [3.8, 4) is 0 Å². The Balaban J connectivity index is 1.97. The summed E-state index contributed by atoms with van der Waals surface area (Å²) >= 11 is 1.76. The van der Waals surface area contributed by atoms with Crippen LogP contribution in [0.1, 0.15) is 22.8 Å². The molecule has 0 aliphatic carbocycles. The molecule has 0 radical (unpaired) electrons. The number of nitrogens with one attached hydrogen (secondary N) is 1. The lowest BCUT2D eigenvalue weighted by atomic mass is 9.93. The number of thiophene rings is 1. The van der Waals surface area contributed by atoms with Crippen molar-refractivity contribution in [1.29, 1.82) is 0 Å². The first-order valence-electron chi connectivity index (χ1n) is 7.27. The third-order valence-corrected chi connectivity index (χ3v) is 4.47. The van der Waals surface area contributed by atoms with E-state index in [9.17, 15) is 4.39 Å². The van der Waals surface area contributed by atoms with Gasteiger partial charge in [0.15, 0.2) is 0 Å². The Labute approximate surface area is 130 Å². The number of aryl methyl sites for hydroxylation is 1. The quantitative estimate of drug-likeness (QED) is 0.711. The molecule has 0 bridgehead atoms. The van der Waals surface area contributed by atoms with Gasteiger partial charge in [0, 0.05) is 25.1 Å². The number of halogens is 1. The maximum Gasteiger partial charge on any atom is 0.126 e. The largest absolute Gasteiger partial charge is 0.383 e. The average molecular weight is 307 g/mol. The normalized spacial score (nSPS) is 12.5. The molecule has 2 aromatic rings. The van der Waals surface area contributed by atoms with Gasteiger partial charge in [-0.15, -0.1) is 11.3 Å². The molecule has 1 atom stereocenters. The summed E-state index contributed by atoms with van der Waals surface area (Å²) in [6.07, 6.45) is 1.93. The molecule has 0 amide bonds. The molecule has 1 aromatic heterocycles. The van der Waals surface area contributed by atoms with Crippen LogP contribution in [0, 0.1) is 5.82 Å². The van der Waals surface area contributed by atoms with Gasteiger partial charge < -0.3 is 10.1 Å². The van der Waals surface area contributed by atoms with E-state index in [1.54, 1.807) is 30.6 Å². The molecular formula is C17H22FNOS. The van der Waals surface area contributed by atoms with E-state index in [0.29, 0.717) is 6.61 Å². The van der Waals surface area contributed by atoms with Gasteiger partial charge in [0.1, 0.15) is 5.82 Å². The highest BCUT2D eigenvalue weighted by Crippen LogP contribution is 2.25. The first kappa shape index (κ1) is 16.1. The van der Waals surface area contributed by atoms with Gasteiger partial charge in [0.25, 0.3) is 0 Å². The van der Waals surface area contributed by atoms with Crippen LogP contribution in [-0.4, -0.2) is 26.8 Å². The molecule has 0 spiro atoms. The molecule has 0 fully saturated rings. The molecule has 1 unspecified atom stereocenters. The second kappa shape index (κ2) is 8.93. The van der Waals surface area contributed by atoms with Crippen LogP contribution in [-0.2, 0) is 11.2 Å². The fraction of sp³-hybridized carbons (Fsp3) is 0.412. The molecular weight excluding hydrogens is 285 g/mol. The van der Waals surface area contributed by atoms with E-state index in [2.05, 4.69) is 22.8 Å². The Morgan fingerprint density at radius 2 is 2.10 bits per heavy atom. The van der Waals surface area contributed by atoms with E-state index >= 15 is 0 Å². The van der Waals surface area contributed by atoms with Crippen molar-refractivity contribution in [3.63, 3.8) is 0 Å². The number of methoxy groups -OCH3 is 1. The Kier molecular flexibility index (Phi) is 6.86. The number of hydrogen-bond donors (Lipinski definition) is 1. The lowest BCUT2D eigenvalue weighted by Crippen LogP contribution is -2.26. The molecule has 1 aromatic carbocycles. The van der Waals surface area contributed by atoms with Gasteiger partial charge in [-0.05, 0) is 41.8 Å². The molecule has 21 heavy (non-hydrogen) atoms. The summed E-state index contributed by atoms with van der Waals surface area (Å²) < 4.78 is 19.1. The summed E-state index contributed by atoms with van der Waals surface area (Å²) in [4.78, 5) is 1.35. The standard InChI is InChI=1S/C17H22FNOS/c1-20-11-10-19-13-14(8-9-15-5-4-12-21-15)16-6-2-3-7-17(16)18/h2-7,12,14,19H,8-11,13H2,1H3. The van der Waals surface area contributed by atoms with Gasteiger partial charge in [-0.25, -0.2) is 4.39 Å². The highest BCUT2D eigenvalue weighted by molar-refractivity contribution is 7.09. The van der Waals surface area contributed by atoms with Crippen LogP contribution < -0.4 is 5.32 Å². The molecule has 0 saturated carbocycles. The number of ether oxygens (including phenoxy) is 1. The van der Waals surface area contributed by atoms with Crippen LogP contribution in [0.25, 0.3) is 0 Å². The third-order valence-electron chi connectivity index (χ3n) is 3.54. The van der Waals surface area contributed by atoms with Crippen LogP contribution in [0.15, 0.2) is 41.8 Å². The Hall–Kier alpha value is -1.23. The van der Waals surface area contributed by atoms with Crippen LogP contribution in [0.4, 0.5) is 4.39 Å². The fourth-order valence-electron chi connectivity index (χ4n) is 2.40. The molecule has 4 heteroatoms. The van der Waals surface area contributed by atoms with Gasteiger partial charge in [0.05, 0.1) is 6.61 Å². The first-order chi connectivity index (χ1) is 10.3. The summed E-state index contributed by atoms with van der Waals surface area (Å²) in [5, 5.41) is 5.44. The minimum Gasteiger partial charge on any atom is -0.383 e. The van der Waals surface area contributed by atoms with Gasteiger partial charge in [-0.3, -0.25) is 0 Å². The first-order valence-corrected chi connectivity index (χ1v) is 8.15. The highest BCUT2D eigenvalue weighted by Gasteiger charge is 2.15. The minimum absolute atomic E-state index is 0.109. The maximum absolute atomic E-state index is 14.0. The van der Waals surface area contributed by atoms with Gasteiger partial charge >= 0.3 is 0 Å². The van der Waals surface area contributed by atoms with Gasteiger partial charge in [0.2, 0.25) is 0 Å². The monoisotopic (exact) mass is 307 g/mol. The lowest BCUT2D eigenvalue weighted by Gasteiger charge is -2.18. The Morgan fingerprint density at radius 3 is 2.81 bits per heavy atom. The lowest BCUT2D eigenvalue weighted by molar-refractivity contribution is 0.198. The topological polar surface area (TPSA) is 21.3 Å². The molecule has 1 N–H and O–H groups in total. The SMILES string of the molecule is COCCNCC(CCc1cccs1)c1ccccc1F. The van der Waals surface area contributed by atoms with Crippen molar-refractivity contribution < 1.29 is 9.13 Å². The Morgan fingerprint density at radius 1 is 1.24 bits per heavy atom. The van der Waals surface area contributed by atoms with Crippen molar-refractivity contribution >= 4 is 11.3 Å². The second-order valence-electron chi connectivity index (χ2n) is 5.03. The van der Waals surface area contributed by atoms with Crippen molar-refractivity contribution in [2.75, 3.05) is 26.8 Å². The molecule has 0 aliphatic heterocycles.